The smallest absolute Gasteiger partial charge is 0.152 e. The summed E-state index contributed by atoms with van der Waals surface area (Å²) >= 11 is 0. The molecule has 2 aromatic heterocycles. The van der Waals surface area contributed by atoms with E-state index in [1.165, 1.54) is 0 Å². The van der Waals surface area contributed by atoms with Crippen LogP contribution in [0.2, 0.25) is 0 Å². The number of nitrogens with two attached hydrogens (primary N) is 1. The lowest BCUT2D eigenvalue weighted by Gasteiger charge is -2.12. The van der Waals surface area contributed by atoms with Crippen molar-refractivity contribution in [2.45, 2.75) is 30.7 Å². The Labute approximate surface area is 207 Å². The van der Waals surface area contributed by atoms with Gasteiger partial charge in [0.25, 0.3) is 0 Å². The summed E-state index contributed by atoms with van der Waals surface area (Å²) in [6, 6.07) is 13.2. The lowest BCUT2D eigenvalue weighted by atomic mass is 10.2. The molecule has 9 nitrogen and oxygen atoms in total. The van der Waals surface area contributed by atoms with E-state index < -0.39 is 11.0 Å². The molecule has 3 N–H and O–H groups in total. The molecule has 1 atom stereocenters. The van der Waals surface area contributed by atoms with E-state index in [4.69, 9.17) is 24.9 Å². The Morgan fingerprint density at radius 2 is 1.89 bits per heavy atom. The van der Waals surface area contributed by atoms with E-state index in [0.717, 1.165) is 47.1 Å². The molecule has 0 saturated carbocycles. The van der Waals surface area contributed by atoms with Gasteiger partial charge in [-0.2, -0.15) is 0 Å². The quantitative estimate of drug-likeness (QED) is 0.288. The van der Waals surface area contributed by atoms with Crippen molar-refractivity contribution in [2.24, 2.45) is 0 Å². The number of ether oxygens (including phenoxy) is 3. The summed E-state index contributed by atoms with van der Waals surface area (Å²) in [4.78, 5) is 9.90. The molecule has 35 heavy (non-hydrogen) atoms. The fraction of sp³-hybridized carbons (Fsp3) is 0.360. The average molecular weight is 498 g/mol. The highest BCUT2D eigenvalue weighted by Crippen LogP contribution is 2.29. The van der Waals surface area contributed by atoms with Gasteiger partial charge in [0, 0.05) is 38.1 Å². The standard InChI is InChI=1S/C25H31N5O4S/c1-32-15-12-22-29-23-24(18-8-4-5-9-19(18)28-25(23)26)30(22)14-7-6-13-27-35(31)21-16-17(33-2)10-11-20(21)34-3/h4-5,8-11,16,27H,6-7,12-15H2,1-3H3,(H2,26,28). The van der Waals surface area contributed by atoms with Crippen molar-refractivity contribution in [3.05, 3.63) is 48.3 Å². The zero-order valence-corrected chi connectivity index (χ0v) is 21.1. The molecule has 186 valence electrons. The molecule has 0 aliphatic rings. The monoisotopic (exact) mass is 497 g/mol. The molecule has 0 aliphatic heterocycles. The molecule has 0 fully saturated rings. The SMILES string of the molecule is COCCc1nc2c(N)nc3ccccc3c2n1CCCCNS(=O)c1cc(OC)ccc1OC. The predicted molar refractivity (Wildman–Crippen MR) is 138 cm³/mol. The summed E-state index contributed by atoms with van der Waals surface area (Å²) in [5.41, 5.74) is 8.83. The lowest BCUT2D eigenvalue weighted by molar-refractivity contribution is 0.199. The van der Waals surface area contributed by atoms with Crippen LogP contribution in [0.5, 0.6) is 11.5 Å². The predicted octanol–water partition coefficient (Wildman–Crippen LogP) is 3.47. The third kappa shape index (κ3) is 5.39. The van der Waals surface area contributed by atoms with Crippen LogP contribution in [0.1, 0.15) is 18.7 Å². The summed E-state index contributed by atoms with van der Waals surface area (Å²) in [5.74, 6) is 2.54. The molecule has 0 spiro atoms. The van der Waals surface area contributed by atoms with Gasteiger partial charge in [-0.3, -0.25) is 0 Å². The highest BCUT2D eigenvalue weighted by atomic mass is 32.2. The maximum atomic E-state index is 12.8. The molecular formula is C25H31N5O4S. The van der Waals surface area contributed by atoms with Crippen molar-refractivity contribution in [3.8, 4) is 11.5 Å². The Balaban J connectivity index is 1.48. The molecular weight excluding hydrogens is 466 g/mol. The first kappa shape index (κ1) is 24.9. The molecule has 0 saturated heterocycles. The number of unbranched alkanes of at least 4 members (excludes halogenated alkanes) is 1. The molecule has 2 aromatic carbocycles. The Hall–Kier alpha value is -3.21. The van der Waals surface area contributed by atoms with Crippen molar-refractivity contribution in [2.75, 3.05) is 40.2 Å². The highest BCUT2D eigenvalue weighted by molar-refractivity contribution is 7.83. The van der Waals surface area contributed by atoms with Crippen LogP contribution >= 0.6 is 0 Å². The maximum Gasteiger partial charge on any atom is 0.152 e. The molecule has 0 radical (unpaired) electrons. The summed E-state index contributed by atoms with van der Waals surface area (Å²) in [6.07, 6.45) is 2.36. The number of aromatic nitrogens is 3. The van der Waals surface area contributed by atoms with Crippen molar-refractivity contribution in [1.82, 2.24) is 19.3 Å². The summed E-state index contributed by atoms with van der Waals surface area (Å²) in [5, 5.41) is 1.03. The average Bonchev–Trinajstić information content (AvgIpc) is 3.26. The second-order valence-electron chi connectivity index (χ2n) is 8.02. The zero-order valence-electron chi connectivity index (χ0n) is 20.2. The van der Waals surface area contributed by atoms with Crippen molar-refractivity contribution in [1.29, 1.82) is 0 Å². The van der Waals surface area contributed by atoms with Crippen LogP contribution in [-0.4, -0.2) is 53.2 Å². The van der Waals surface area contributed by atoms with E-state index in [1.54, 1.807) is 39.5 Å². The third-order valence-corrected chi connectivity index (χ3v) is 7.02. The third-order valence-electron chi connectivity index (χ3n) is 5.83. The number of anilines is 1. The Kier molecular flexibility index (Phi) is 8.17. The number of aryl methyl sites for hydroxylation is 1. The van der Waals surface area contributed by atoms with Gasteiger partial charge in [0.2, 0.25) is 0 Å². The number of fused-ring (bicyclic) bond motifs is 3. The van der Waals surface area contributed by atoms with Gasteiger partial charge in [0.15, 0.2) is 5.82 Å². The molecule has 0 amide bonds. The Morgan fingerprint density at radius 3 is 2.66 bits per heavy atom. The number of pyridine rings is 1. The largest absolute Gasteiger partial charge is 0.497 e. The van der Waals surface area contributed by atoms with Gasteiger partial charge in [-0.1, -0.05) is 18.2 Å². The van der Waals surface area contributed by atoms with Crippen molar-refractivity contribution in [3.63, 3.8) is 0 Å². The number of hydrogen-bond donors (Lipinski definition) is 2. The number of para-hydroxylation sites is 1. The van der Waals surface area contributed by atoms with Crippen LogP contribution in [0.3, 0.4) is 0 Å². The van der Waals surface area contributed by atoms with E-state index in [-0.39, 0.29) is 0 Å². The van der Waals surface area contributed by atoms with E-state index in [0.29, 0.717) is 41.8 Å². The molecule has 1 unspecified atom stereocenters. The number of benzene rings is 2. The number of nitrogens with one attached hydrogen (secondary N) is 1. The molecule has 10 heteroatoms. The van der Waals surface area contributed by atoms with Crippen molar-refractivity contribution >= 4 is 38.7 Å². The number of imidazole rings is 1. The van der Waals surface area contributed by atoms with Gasteiger partial charge in [-0.25, -0.2) is 18.9 Å². The van der Waals surface area contributed by atoms with E-state index >= 15 is 0 Å². The lowest BCUT2D eigenvalue weighted by Crippen LogP contribution is -2.19. The number of nitrogen functional groups attached to an aromatic ring is 1. The molecule has 0 bridgehead atoms. The minimum Gasteiger partial charge on any atom is -0.497 e. The minimum absolute atomic E-state index is 0.431. The van der Waals surface area contributed by atoms with Crippen LogP contribution < -0.4 is 19.9 Å². The van der Waals surface area contributed by atoms with E-state index in [1.807, 2.05) is 18.2 Å². The maximum absolute atomic E-state index is 12.8. The van der Waals surface area contributed by atoms with Crippen LogP contribution in [0, 0.1) is 0 Å². The van der Waals surface area contributed by atoms with Gasteiger partial charge in [-0.05, 0) is 31.0 Å². The zero-order chi connectivity index (χ0) is 24.8. The first-order valence-corrected chi connectivity index (χ1v) is 12.6. The normalized spacial score (nSPS) is 12.3. The van der Waals surface area contributed by atoms with Gasteiger partial charge in [0.05, 0.1) is 36.8 Å². The summed E-state index contributed by atoms with van der Waals surface area (Å²) in [7, 11) is 3.41. The highest BCUT2D eigenvalue weighted by Gasteiger charge is 2.17. The minimum atomic E-state index is -1.42. The molecule has 4 rings (SSSR count). The molecule has 0 aliphatic carbocycles. The number of methoxy groups -OCH3 is 3. The summed E-state index contributed by atoms with van der Waals surface area (Å²) in [6.45, 7) is 1.90. The Morgan fingerprint density at radius 1 is 1.06 bits per heavy atom. The van der Waals surface area contributed by atoms with Gasteiger partial charge < -0.3 is 24.5 Å². The number of nitrogens with zero attached hydrogens (tertiary/aromatic N) is 3. The van der Waals surface area contributed by atoms with Crippen molar-refractivity contribution < 1.29 is 18.4 Å². The Bertz CT molecular complexity index is 1340. The first-order chi connectivity index (χ1) is 17.1. The first-order valence-electron chi connectivity index (χ1n) is 11.5. The molecule has 4 aromatic rings. The second-order valence-corrected chi connectivity index (χ2v) is 9.29. The van der Waals surface area contributed by atoms with Crippen LogP contribution in [-0.2, 0) is 28.7 Å². The van der Waals surface area contributed by atoms with Gasteiger partial charge in [0.1, 0.15) is 33.8 Å². The second kappa shape index (κ2) is 11.5. The summed E-state index contributed by atoms with van der Waals surface area (Å²) < 4.78 is 34.0. The van der Waals surface area contributed by atoms with Crippen LogP contribution in [0.15, 0.2) is 47.4 Å². The van der Waals surface area contributed by atoms with Gasteiger partial charge in [-0.15, -0.1) is 0 Å². The fourth-order valence-electron chi connectivity index (χ4n) is 4.10. The van der Waals surface area contributed by atoms with E-state index in [2.05, 4.69) is 20.3 Å². The molecule has 2 heterocycles. The number of rotatable bonds is 12. The van der Waals surface area contributed by atoms with Crippen LogP contribution in [0.25, 0.3) is 21.9 Å². The number of hydrogen-bond acceptors (Lipinski definition) is 7. The fourth-order valence-corrected chi connectivity index (χ4v) is 5.14. The van der Waals surface area contributed by atoms with E-state index in [9.17, 15) is 4.21 Å². The topological polar surface area (TPSA) is 114 Å². The van der Waals surface area contributed by atoms with Gasteiger partial charge >= 0.3 is 0 Å². The van der Waals surface area contributed by atoms with Crippen LogP contribution in [0.4, 0.5) is 5.82 Å².